The fourth-order valence-corrected chi connectivity index (χ4v) is 2.21. The van der Waals surface area contributed by atoms with Crippen LogP contribution in [0.15, 0.2) is 30.4 Å². The standard InChI is InChI=1S/C17H27NO/c1-6-11-18-16(9-7-13(2)3)15-8-10-17(19-5)14(4)12-15/h8,10,12,16,18H,2,6-7,9,11H2,1,3-5H3. The molecule has 0 aliphatic carbocycles. The van der Waals surface area contributed by atoms with Crippen LogP contribution in [-0.4, -0.2) is 13.7 Å². The van der Waals surface area contributed by atoms with Crippen LogP contribution in [0.2, 0.25) is 0 Å². The van der Waals surface area contributed by atoms with E-state index in [0.29, 0.717) is 6.04 Å². The van der Waals surface area contributed by atoms with Crippen molar-refractivity contribution < 1.29 is 4.74 Å². The van der Waals surface area contributed by atoms with Gasteiger partial charge in [-0.05, 0) is 56.8 Å². The summed E-state index contributed by atoms with van der Waals surface area (Å²) in [6.07, 6.45) is 3.31. The molecule has 1 unspecified atom stereocenters. The molecule has 1 aromatic rings. The molecule has 2 heteroatoms. The van der Waals surface area contributed by atoms with Crippen molar-refractivity contribution in [2.24, 2.45) is 0 Å². The first-order valence-corrected chi connectivity index (χ1v) is 7.10. The number of hydrogen-bond donors (Lipinski definition) is 1. The Kier molecular flexibility index (Phi) is 6.65. The molecule has 19 heavy (non-hydrogen) atoms. The van der Waals surface area contributed by atoms with E-state index in [-0.39, 0.29) is 0 Å². The normalized spacial score (nSPS) is 12.2. The minimum atomic E-state index is 0.404. The van der Waals surface area contributed by atoms with Crippen molar-refractivity contribution in [3.63, 3.8) is 0 Å². The Labute approximate surface area is 117 Å². The first-order valence-electron chi connectivity index (χ1n) is 7.10. The Hall–Kier alpha value is -1.28. The minimum Gasteiger partial charge on any atom is -0.496 e. The van der Waals surface area contributed by atoms with Gasteiger partial charge < -0.3 is 10.1 Å². The maximum Gasteiger partial charge on any atom is 0.121 e. The third-order valence-corrected chi connectivity index (χ3v) is 3.32. The molecular formula is C17H27NO. The molecule has 0 amide bonds. The average Bonchev–Trinajstić information content (AvgIpc) is 2.38. The van der Waals surface area contributed by atoms with Gasteiger partial charge >= 0.3 is 0 Å². The highest BCUT2D eigenvalue weighted by molar-refractivity contribution is 5.37. The van der Waals surface area contributed by atoms with Crippen LogP contribution in [0.25, 0.3) is 0 Å². The van der Waals surface area contributed by atoms with E-state index in [9.17, 15) is 0 Å². The van der Waals surface area contributed by atoms with Gasteiger partial charge in [-0.15, -0.1) is 6.58 Å². The fourth-order valence-electron chi connectivity index (χ4n) is 2.21. The molecule has 0 saturated heterocycles. The van der Waals surface area contributed by atoms with Crippen molar-refractivity contribution in [2.75, 3.05) is 13.7 Å². The van der Waals surface area contributed by atoms with Crippen LogP contribution in [0, 0.1) is 6.92 Å². The smallest absolute Gasteiger partial charge is 0.121 e. The molecule has 0 aromatic heterocycles. The zero-order valence-corrected chi connectivity index (χ0v) is 12.8. The number of rotatable bonds is 8. The first-order chi connectivity index (χ1) is 9.08. The van der Waals surface area contributed by atoms with Gasteiger partial charge in [-0.3, -0.25) is 0 Å². The van der Waals surface area contributed by atoms with Gasteiger partial charge in [0.2, 0.25) is 0 Å². The third kappa shape index (κ3) is 5.07. The number of nitrogens with one attached hydrogen (secondary N) is 1. The molecule has 0 bridgehead atoms. The van der Waals surface area contributed by atoms with E-state index in [2.05, 4.69) is 50.9 Å². The summed E-state index contributed by atoms with van der Waals surface area (Å²) in [6.45, 7) is 11.4. The number of ether oxygens (including phenoxy) is 1. The molecule has 1 atom stereocenters. The lowest BCUT2D eigenvalue weighted by Gasteiger charge is -2.20. The summed E-state index contributed by atoms with van der Waals surface area (Å²) >= 11 is 0. The van der Waals surface area contributed by atoms with Crippen molar-refractivity contribution in [3.8, 4) is 5.75 Å². The molecule has 0 heterocycles. The van der Waals surface area contributed by atoms with E-state index in [4.69, 9.17) is 4.74 Å². The lowest BCUT2D eigenvalue weighted by molar-refractivity contribution is 0.411. The maximum absolute atomic E-state index is 5.32. The van der Waals surface area contributed by atoms with Crippen LogP contribution in [0.4, 0.5) is 0 Å². The summed E-state index contributed by atoms with van der Waals surface area (Å²) in [6, 6.07) is 6.86. The maximum atomic E-state index is 5.32. The summed E-state index contributed by atoms with van der Waals surface area (Å²) in [5, 5.41) is 3.62. The highest BCUT2D eigenvalue weighted by atomic mass is 16.5. The van der Waals surface area contributed by atoms with E-state index in [1.807, 2.05) is 0 Å². The number of methoxy groups -OCH3 is 1. The van der Waals surface area contributed by atoms with Gasteiger partial charge in [0.15, 0.2) is 0 Å². The van der Waals surface area contributed by atoms with Gasteiger partial charge in [-0.1, -0.05) is 24.6 Å². The Balaban J connectivity index is 2.83. The topological polar surface area (TPSA) is 21.3 Å². The molecule has 0 saturated carbocycles. The van der Waals surface area contributed by atoms with Crippen molar-refractivity contribution in [1.82, 2.24) is 5.32 Å². The Morgan fingerprint density at radius 3 is 2.68 bits per heavy atom. The van der Waals surface area contributed by atoms with Crippen LogP contribution in [0.1, 0.15) is 50.3 Å². The Bertz CT molecular complexity index is 412. The van der Waals surface area contributed by atoms with Gasteiger partial charge in [0, 0.05) is 6.04 Å². The van der Waals surface area contributed by atoms with Gasteiger partial charge in [-0.25, -0.2) is 0 Å². The lowest BCUT2D eigenvalue weighted by Crippen LogP contribution is -2.22. The SMILES string of the molecule is C=C(C)CCC(NCCC)c1ccc(OC)c(C)c1. The molecule has 0 aliphatic heterocycles. The average molecular weight is 261 g/mol. The molecule has 0 aliphatic rings. The highest BCUT2D eigenvalue weighted by Gasteiger charge is 2.12. The number of hydrogen-bond acceptors (Lipinski definition) is 2. The first kappa shape index (κ1) is 15.8. The predicted molar refractivity (Wildman–Crippen MR) is 82.8 cm³/mol. The molecule has 106 valence electrons. The van der Waals surface area contributed by atoms with Crippen molar-refractivity contribution in [3.05, 3.63) is 41.5 Å². The molecule has 0 radical (unpaired) electrons. The van der Waals surface area contributed by atoms with E-state index in [1.165, 1.54) is 16.7 Å². The van der Waals surface area contributed by atoms with Crippen molar-refractivity contribution in [2.45, 2.75) is 46.1 Å². The summed E-state index contributed by atoms with van der Waals surface area (Å²) in [5.41, 5.74) is 3.78. The Morgan fingerprint density at radius 2 is 2.16 bits per heavy atom. The summed E-state index contributed by atoms with van der Waals surface area (Å²) in [4.78, 5) is 0. The predicted octanol–water partition coefficient (Wildman–Crippen LogP) is 4.40. The largest absolute Gasteiger partial charge is 0.496 e. The van der Waals surface area contributed by atoms with Crippen molar-refractivity contribution >= 4 is 0 Å². The van der Waals surface area contributed by atoms with Crippen LogP contribution in [-0.2, 0) is 0 Å². The van der Waals surface area contributed by atoms with Crippen LogP contribution < -0.4 is 10.1 Å². The van der Waals surface area contributed by atoms with E-state index in [0.717, 1.165) is 31.6 Å². The lowest BCUT2D eigenvalue weighted by atomic mass is 9.98. The highest BCUT2D eigenvalue weighted by Crippen LogP contribution is 2.26. The molecule has 2 nitrogen and oxygen atoms in total. The van der Waals surface area contributed by atoms with E-state index < -0.39 is 0 Å². The van der Waals surface area contributed by atoms with Crippen LogP contribution in [0.5, 0.6) is 5.75 Å². The van der Waals surface area contributed by atoms with Gasteiger partial charge in [0.25, 0.3) is 0 Å². The van der Waals surface area contributed by atoms with Gasteiger partial charge in [0.1, 0.15) is 5.75 Å². The zero-order valence-electron chi connectivity index (χ0n) is 12.8. The molecule has 0 spiro atoms. The summed E-state index contributed by atoms with van der Waals surface area (Å²) in [7, 11) is 1.72. The number of allylic oxidation sites excluding steroid dienone is 1. The second-order valence-corrected chi connectivity index (χ2v) is 5.23. The zero-order chi connectivity index (χ0) is 14.3. The van der Waals surface area contributed by atoms with Crippen molar-refractivity contribution in [1.29, 1.82) is 0 Å². The van der Waals surface area contributed by atoms with E-state index in [1.54, 1.807) is 7.11 Å². The minimum absolute atomic E-state index is 0.404. The van der Waals surface area contributed by atoms with Crippen LogP contribution in [0.3, 0.4) is 0 Å². The Morgan fingerprint density at radius 1 is 1.42 bits per heavy atom. The molecular weight excluding hydrogens is 234 g/mol. The van der Waals surface area contributed by atoms with Crippen LogP contribution >= 0.6 is 0 Å². The monoisotopic (exact) mass is 261 g/mol. The quantitative estimate of drug-likeness (QED) is 0.700. The fraction of sp³-hybridized carbons (Fsp3) is 0.529. The second-order valence-electron chi connectivity index (χ2n) is 5.23. The third-order valence-electron chi connectivity index (χ3n) is 3.32. The number of benzene rings is 1. The molecule has 1 rings (SSSR count). The van der Waals surface area contributed by atoms with Gasteiger partial charge in [0.05, 0.1) is 7.11 Å². The van der Waals surface area contributed by atoms with E-state index >= 15 is 0 Å². The molecule has 1 N–H and O–H groups in total. The molecule has 1 aromatic carbocycles. The summed E-state index contributed by atoms with van der Waals surface area (Å²) in [5.74, 6) is 0.956. The number of aryl methyl sites for hydroxylation is 1. The summed E-state index contributed by atoms with van der Waals surface area (Å²) < 4.78 is 5.32. The van der Waals surface area contributed by atoms with Gasteiger partial charge in [-0.2, -0.15) is 0 Å². The molecule has 0 fully saturated rings. The second kappa shape index (κ2) is 8.00.